The van der Waals surface area contributed by atoms with Crippen LogP contribution in [0.4, 0.5) is 5.69 Å². The molecule has 1 rings (SSSR count). The van der Waals surface area contributed by atoms with Crippen LogP contribution in [0.2, 0.25) is 15.1 Å². The number of rotatable bonds is 7. The van der Waals surface area contributed by atoms with E-state index < -0.39 is 0 Å². The van der Waals surface area contributed by atoms with Gasteiger partial charge in [0.25, 0.3) is 0 Å². The minimum absolute atomic E-state index is 0.331. The van der Waals surface area contributed by atoms with Gasteiger partial charge >= 0.3 is 0 Å². The average molecular weight is 313 g/mol. The minimum atomic E-state index is -0.331. The summed E-state index contributed by atoms with van der Waals surface area (Å²) in [6.45, 7) is 5.44. The van der Waals surface area contributed by atoms with E-state index in [0.29, 0.717) is 40.5 Å². The maximum Gasteiger partial charge on any atom is 0.174 e. The van der Waals surface area contributed by atoms with Crippen LogP contribution in [0.1, 0.15) is 13.8 Å². The Morgan fingerprint density at radius 3 is 2.00 bits per heavy atom. The van der Waals surface area contributed by atoms with Crippen molar-refractivity contribution in [2.75, 3.05) is 25.1 Å². The average Bonchev–Trinajstić information content (AvgIpc) is 2.28. The first-order valence-electron chi connectivity index (χ1n) is 5.70. The van der Waals surface area contributed by atoms with Gasteiger partial charge in [-0.3, -0.25) is 0 Å². The summed E-state index contributed by atoms with van der Waals surface area (Å²) in [5.74, 6) is 0. The Morgan fingerprint density at radius 1 is 1.06 bits per heavy atom. The molecular weight excluding hydrogens is 296 g/mol. The Morgan fingerprint density at radius 2 is 1.56 bits per heavy atom. The molecule has 0 unspecified atom stereocenters. The third-order valence-electron chi connectivity index (χ3n) is 2.16. The molecule has 0 aliphatic heterocycles. The van der Waals surface area contributed by atoms with E-state index in [1.165, 1.54) is 0 Å². The van der Waals surface area contributed by atoms with Crippen LogP contribution in [-0.2, 0) is 9.47 Å². The van der Waals surface area contributed by atoms with Crippen LogP contribution in [0.3, 0.4) is 0 Å². The van der Waals surface area contributed by atoms with E-state index in [1.54, 1.807) is 12.1 Å². The van der Waals surface area contributed by atoms with Gasteiger partial charge in [-0.25, -0.2) is 0 Å². The topological polar surface area (TPSA) is 30.5 Å². The molecule has 0 atom stereocenters. The third-order valence-corrected chi connectivity index (χ3v) is 2.97. The lowest BCUT2D eigenvalue weighted by Crippen LogP contribution is -2.26. The molecule has 0 fully saturated rings. The van der Waals surface area contributed by atoms with E-state index in [4.69, 9.17) is 44.3 Å². The van der Waals surface area contributed by atoms with Crippen molar-refractivity contribution in [2.24, 2.45) is 0 Å². The second kappa shape index (κ2) is 8.08. The molecule has 1 N–H and O–H groups in total. The second-order valence-corrected chi connectivity index (χ2v) is 4.72. The van der Waals surface area contributed by atoms with Gasteiger partial charge in [0.15, 0.2) is 6.29 Å². The minimum Gasteiger partial charge on any atom is -0.378 e. The SMILES string of the molecule is CCOC(CNc1c(Cl)cc(Cl)cc1Cl)OCC. The molecule has 1 aromatic rings. The number of hydrogen-bond donors (Lipinski definition) is 1. The zero-order chi connectivity index (χ0) is 13.5. The molecule has 0 spiro atoms. The Bertz CT molecular complexity index is 359. The van der Waals surface area contributed by atoms with E-state index in [1.807, 2.05) is 13.8 Å². The molecule has 0 heterocycles. The van der Waals surface area contributed by atoms with Crippen molar-refractivity contribution < 1.29 is 9.47 Å². The number of benzene rings is 1. The van der Waals surface area contributed by atoms with Gasteiger partial charge in [0, 0.05) is 18.2 Å². The van der Waals surface area contributed by atoms with Crippen molar-refractivity contribution >= 4 is 40.5 Å². The molecule has 18 heavy (non-hydrogen) atoms. The lowest BCUT2D eigenvalue weighted by Gasteiger charge is -2.19. The maximum absolute atomic E-state index is 6.06. The summed E-state index contributed by atoms with van der Waals surface area (Å²) in [7, 11) is 0. The van der Waals surface area contributed by atoms with E-state index >= 15 is 0 Å². The summed E-state index contributed by atoms with van der Waals surface area (Å²) in [5.41, 5.74) is 0.632. The van der Waals surface area contributed by atoms with Crippen LogP contribution >= 0.6 is 34.8 Å². The molecule has 0 saturated heterocycles. The Labute approximate surface area is 122 Å². The van der Waals surface area contributed by atoms with E-state index in [-0.39, 0.29) is 6.29 Å². The number of anilines is 1. The Balaban J connectivity index is 2.66. The fraction of sp³-hybridized carbons (Fsp3) is 0.500. The predicted octanol–water partition coefficient (Wildman–Crippen LogP) is 4.46. The summed E-state index contributed by atoms with van der Waals surface area (Å²) in [5, 5.41) is 4.55. The largest absolute Gasteiger partial charge is 0.378 e. The van der Waals surface area contributed by atoms with Crippen molar-refractivity contribution in [3.05, 3.63) is 27.2 Å². The lowest BCUT2D eigenvalue weighted by atomic mass is 10.3. The molecule has 0 saturated carbocycles. The number of ether oxygens (including phenoxy) is 2. The van der Waals surface area contributed by atoms with E-state index in [2.05, 4.69) is 5.32 Å². The standard InChI is InChI=1S/C12H16Cl3NO2/c1-3-17-11(18-4-2)7-16-12-9(14)5-8(13)6-10(12)15/h5-6,11,16H,3-4,7H2,1-2H3. The van der Waals surface area contributed by atoms with Crippen molar-refractivity contribution in [1.29, 1.82) is 0 Å². The summed E-state index contributed by atoms with van der Waals surface area (Å²) in [6, 6.07) is 3.27. The highest BCUT2D eigenvalue weighted by Crippen LogP contribution is 2.33. The summed E-state index contributed by atoms with van der Waals surface area (Å²) in [4.78, 5) is 0. The first-order valence-corrected chi connectivity index (χ1v) is 6.83. The zero-order valence-corrected chi connectivity index (χ0v) is 12.6. The molecular formula is C12H16Cl3NO2. The van der Waals surface area contributed by atoms with Crippen LogP contribution in [0.5, 0.6) is 0 Å². The van der Waals surface area contributed by atoms with E-state index in [0.717, 1.165) is 0 Å². The van der Waals surface area contributed by atoms with Crippen LogP contribution in [-0.4, -0.2) is 26.0 Å². The monoisotopic (exact) mass is 311 g/mol. The maximum atomic E-state index is 6.06. The van der Waals surface area contributed by atoms with Gasteiger partial charge in [0.05, 0.1) is 22.3 Å². The van der Waals surface area contributed by atoms with Crippen LogP contribution in [0.25, 0.3) is 0 Å². The van der Waals surface area contributed by atoms with Gasteiger partial charge in [0.1, 0.15) is 0 Å². The van der Waals surface area contributed by atoms with Gasteiger partial charge in [-0.15, -0.1) is 0 Å². The van der Waals surface area contributed by atoms with Gasteiger partial charge in [-0.1, -0.05) is 34.8 Å². The molecule has 0 amide bonds. The lowest BCUT2D eigenvalue weighted by molar-refractivity contribution is -0.126. The molecule has 0 aliphatic carbocycles. The number of hydrogen-bond acceptors (Lipinski definition) is 3. The summed E-state index contributed by atoms with van der Waals surface area (Å²) < 4.78 is 10.8. The Hall–Kier alpha value is -0.190. The highest BCUT2D eigenvalue weighted by atomic mass is 35.5. The highest BCUT2D eigenvalue weighted by Gasteiger charge is 2.11. The van der Waals surface area contributed by atoms with Gasteiger partial charge in [0.2, 0.25) is 0 Å². The quantitative estimate of drug-likeness (QED) is 0.754. The highest BCUT2D eigenvalue weighted by molar-refractivity contribution is 6.41. The molecule has 102 valence electrons. The van der Waals surface area contributed by atoms with Gasteiger partial charge in [-0.05, 0) is 26.0 Å². The Kier molecular flexibility index (Phi) is 7.12. The van der Waals surface area contributed by atoms with Gasteiger partial charge < -0.3 is 14.8 Å². The molecule has 0 aliphatic rings. The predicted molar refractivity (Wildman–Crippen MR) is 77.0 cm³/mol. The van der Waals surface area contributed by atoms with Crippen LogP contribution in [0.15, 0.2) is 12.1 Å². The van der Waals surface area contributed by atoms with Crippen molar-refractivity contribution in [3.63, 3.8) is 0 Å². The molecule has 0 radical (unpaired) electrons. The third kappa shape index (κ3) is 4.82. The smallest absolute Gasteiger partial charge is 0.174 e. The van der Waals surface area contributed by atoms with Crippen molar-refractivity contribution in [2.45, 2.75) is 20.1 Å². The molecule has 3 nitrogen and oxygen atoms in total. The summed E-state index contributed by atoms with van der Waals surface area (Å²) >= 11 is 18.0. The van der Waals surface area contributed by atoms with Crippen LogP contribution in [0, 0.1) is 0 Å². The fourth-order valence-corrected chi connectivity index (χ4v) is 2.38. The fourth-order valence-electron chi connectivity index (χ4n) is 1.43. The molecule has 0 bridgehead atoms. The first-order chi connectivity index (χ1) is 8.58. The molecule has 1 aromatic carbocycles. The van der Waals surface area contributed by atoms with Crippen molar-refractivity contribution in [1.82, 2.24) is 0 Å². The first kappa shape index (κ1) is 15.9. The van der Waals surface area contributed by atoms with Crippen LogP contribution < -0.4 is 5.32 Å². The second-order valence-electron chi connectivity index (χ2n) is 3.47. The molecule has 6 heteroatoms. The van der Waals surface area contributed by atoms with E-state index in [9.17, 15) is 0 Å². The number of halogens is 3. The molecule has 0 aromatic heterocycles. The number of nitrogens with one attached hydrogen (secondary N) is 1. The van der Waals surface area contributed by atoms with Gasteiger partial charge in [-0.2, -0.15) is 0 Å². The summed E-state index contributed by atoms with van der Waals surface area (Å²) in [6.07, 6.45) is -0.331. The van der Waals surface area contributed by atoms with Crippen molar-refractivity contribution in [3.8, 4) is 0 Å². The zero-order valence-electron chi connectivity index (χ0n) is 10.3. The normalized spacial score (nSPS) is 11.0.